The van der Waals surface area contributed by atoms with Crippen LogP contribution in [0.1, 0.15) is 26.5 Å². The summed E-state index contributed by atoms with van der Waals surface area (Å²) < 4.78 is 27.0. The van der Waals surface area contributed by atoms with Crippen molar-refractivity contribution in [3.05, 3.63) is 65.9 Å². The Balaban J connectivity index is 1.60. The molecule has 0 fully saturated rings. The van der Waals surface area contributed by atoms with Gasteiger partial charge >= 0.3 is 6.03 Å². The molecule has 0 radical (unpaired) electrons. The zero-order valence-corrected chi connectivity index (χ0v) is 17.8. The largest absolute Gasteiger partial charge is 0.383 e. The van der Waals surface area contributed by atoms with Gasteiger partial charge in [0.25, 0.3) is 0 Å². The van der Waals surface area contributed by atoms with E-state index in [4.69, 9.17) is 5.73 Å². The summed E-state index contributed by atoms with van der Waals surface area (Å²) in [6.45, 7) is 6.19. The average Bonchev–Trinajstić information content (AvgIpc) is 3.11. The minimum atomic E-state index is -0.731. The van der Waals surface area contributed by atoms with Gasteiger partial charge in [-0.3, -0.25) is 5.10 Å². The number of nitrogen functional groups attached to an aromatic ring is 1. The van der Waals surface area contributed by atoms with Crippen LogP contribution in [0.15, 0.2) is 48.5 Å². The van der Waals surface area contributed by atoms with Crippen LogP contribution in [0.3, 0.4) is 0 Å². The van der Waals surface area contributed by atoms with Crippen molar-refractivity contribution in [2.75, 3.05) is 16.4 Å². The second-order valence-corrected chi connectivity index (χ2v) is 8.42. The van der Waals surface area contributed by atoms with Crippen molar-refractivity contribution < 1.29 is 13.6 Å². The monoisotopic (exact) mass is 436 g/mol. The van der Waals surface area contributed by atoms with Gasteiger partial charge in [0.1, 0.15) is 17.5 Å². The van der Waals surface area contributed by atoms with Gasteiger partial charge in [-0.15, -0.1) is 0 Å². The van der Waals surface area contributed by atoms with E-state index in [1.54, 1.807) is 12.1 Å². The number of aromatic amines is 1. The minimum Gasteiger partial charge on any atom is -0.383 e. The number of amides is 2. The van der Waals surface area contributed by atoms with Crippen molar-refractivity contribution in [3.63, 3.8) is 0 Å². The third-order valence-electron chi connectivity index (χ3n) is 4.95. The molecule has 9 heteroatoms. The number of H-pyrrole nitrogens is 1. The van der Waals surface area contributed by atoms with Crippen LogP contribution in [0, 0.1) is 11.6 Å². The number of urea groups is 1. The van der Waals surface area contributed by atoms with Crippen molar-refractivity contribution in [1.82, 2.24) is 15.2 Å². The number of pyridine rings is 1. The van der Waals surface area contributed by atoms with Gasteiger partial charge in [0.05, 0.1) is 11.1 Å². The Hall–Kier alpha value is -4.01. The lowest BCUT2D eigenvalue weighted by Crippen LogP contribution is -2.20. The lowest BCUT2D eigenvalue weighted by molar-refractivity contribution is 0.262. The smallest absolute Gasteiger partial charge is 0.323 e. The molecular weight excluding hydrogens is 414 g/mol. The van der Waals surface area contributed by atoms with Gasteiger partial charge in [0.15, 0.2) is 5.65 Å². The molecule has 32 heavy (non-hydrogen) atoms. The maximum atomic E-state index is 13.7. The number of halogens is 2. The Bertz CT molecular complexity index is 1310. The summed E-state index contributed by atoms with van der Waals surface area (Å²) in [5.74, 6) is -0.963. The lowest BCUT2D eigenvalue weighted by Gasteiger charge is -2.19. The van der Waals surface area contributed by atoms with E-state index in [9.17, 15) is 13.6 Å². The second kappa shape index (κ2) is 7.92. The number of nitrogens with two attached hydrogens (primary N) is 1. The minimum absolute atomic E-state index is 0.192. The van der Waals surface area contributed by atoms with Gasteiger partial charge in [0, 0.05) is 22.9 Å². The number of benzene rings is 2. The molecule has 4 aromatic rings. The maximum absolute atomic E-state index is 13.7. The van der Waals surface area contributed by atoms with Crippen molar-refractivity contribution in [3.8, 4) is 11.1 Å². The molecule has 7 nitrogen and oxygen atoms in total. The number of carbonyl (C=O) groups is 1. The molecule has 2 amide bonds. The number of carbonyl (C=O) groups excluding carboxylic acids is 1. The average molecular weight is 436 g/mol. The highest BCUT2D eigenvalue weighted by molar-refractivity contribution is 6.01. The number of hydrogen-bond donors (Lipinski definition) is 4. The number of hydrogen-bond acceptors (Lipinski definition) is 4. The Morgan fingerprint density at radius 2 is 1.75 bits per heavy atom. The van der Waals surface area contributed by atoms with Crippen LogP contribution in [-0.2, 0) is 5.41 Å². The topological polar surface area (TPSA) is 109 Å². The molecule has 0 saturated heterocycles. The lowest BCUT2D eigenvalue weighted by atomic mass is 9.89. The first-order valence-corrected chi connectivity index (χ1v) is 9.90. The fourth-order valence-corrected chi connectivity index (χ4v) is 3.27. The van der Waals surface area contributed by atoms with Gasteiger partial charge in [-0.05, 0) is 41.5 Å². The van der Waals surface area contributed by atoms with Crippen LogP contribution < -0.4 is 16.4 Å². The van der Waals surface area contributed by atoms with E-state index < -0.39 is 17.7 Å². The number of rotatable bonds is 3. The number of anilines is 3. The Kier molecular flexibility index (Phi) is 5.25. The first-order chi connectivity index (χ1) is 15.1. The normalized spacial score (nSPS) is 11.5. The number of aromatic nitrogens is 3. The first kappa shape index (κ1) is 21.2. The zero-order valence-electron chi connectivity index (χ0n) is 17.8. The quantitative estimate of drug-likeness (QED) is 0.343. The summed E-state index contributed by atoms with van der Waals surface area (Å²) in [6.07, 6.45) is 0. The van der Waals surface area contributed by atoms with E-state index in [1.807, 2.05) is 18.2 Å². The van der Waals surface area contributed by atoms with Crippen LogP contribution in [0.4, 0.5) is 30.8 Å². The Morgan fingerprint density at radius 1 is 1.03 bits per heavy atom. The number of fused-ring (bicyclic) bond motifs is 1. The third kappa shape index (κ3) is 4.22. The van der Waals surface area contributed by atoms with E-state index in [1.165, 1.54) is 0 Å². The van der Waals surface area contributed by atoms with Gasteiger partial charge in [-0.1, -0.05) is 32.9 Å². The summed E-state index contributed by atoms with van der Waals surface area (Å²) in [4.78, 5) is 16.8. The second-order valence-electron chi connectivity index (χ2n) is 8.42. The van der Waals surface area contributed by atoms with Crippen LogP contribution in [-0.4, -0.2) is 21.2 Å². The van der Waals surface area contributed by atoms with Crippen LogP contribution in [0.2, 0.25) is 0 Å². The summed E-state index contributed by atoms with van der Waals surface area (Å²) >= 11 is 0. The van der Waals surface area contributed by atoms with E-state index in [-0.39, 0.29) is 11.1 Å². The molecule has 0 saturated carbocycles. The molecule has 0 aliphatic carbocycles. The van der Waals surface area contributed by atoms with E-state index in [2.05, 4.69) is 46.6 Å². The summed E-state index contributed by atoms with van der Waals surface area (Å²) in [7, 11) is 0. The Labute approximate surface area is 183 Å². The highest BCUT2D eigenvalue weighted by atomic mass is 19.1. The van der Waals surface area contributed by atoms with Crippen molar-refractivity contribution in [2.24, 2.45) is 0 Å². The standard InChI is InChI=1S/C23H22F2N6O/c1-23(2,3)18-11-15(19-20(26)30-31-21(19)29-18)12-4-7-14(8-5-12)27-22(32)28-17-10-13(24)6-9-16(17)25/h4-11H,1-3H3,(H2,27,28,32)(H3,26,29,30,31). The van der Waals surface area contributed by atoms with E-state index in [0.717, 1.165) is 40.4 Å². The fourth-order valence-electron chi connectivity index (χ4n) is 3.27. The third-order valence-corrected chi connectivity index (χ3v) is 4.95. The van der Waals surface area contributed by atoms with Gasteiger partial charge in [0.2, 0.25) is 0 Å². The zero-order chi connectivity index (χ0) is 23.0. The van der Waals surface area contributed by atoms with Crippen LogP contribution in [0.25, 0.3) is 22.2 Å². The van der Waals surface area contributed by atoms with Gasteiger partial charge in [-0.2, -0.15) is 5.10 Å². The molecule has 2 aromatic carbocycles. The van der Waals surface area contributed by atoms with E-state index >= 15 is 0 Å². The molecule has 2 heterocycles. The van der Waals surface area contributed by atoms with Gasteiger partial charge in [-0.25, -0.2) is 18.6 Å². The molecule has 0 bridgehead atoms. The molecule has 4 rings (SSSR count). The van der Waals surface area contributed by atoms with Crippen LogP contribution >= 0.6 is 0 Å². The van der Waals surface area contributed by atoms with E-state index in [0.29, 0.717) is 17.2 Å². The number of nitrogens with one attached hydrogen (secondary N) is 3. The van der Waals surface area contributed by atoms with Crippen LogP contribution in [0.5, 0.6) is 0 Å². The summed E-state index contributed by atoms with van der Waals surface area (Å²) in [6, 6.07) is 11.2. The molecule has 0 atom stereocenters. The van der Waals surface area contributed by atoms with Gasteiger partial charge < -0.3 is 16.4 Å². The maximum Gasteiger partial charge on any atom is 0.323 e. The molecule has 0 aliphatic heterocycles. The van der Waals surface area contributed by atoms with Crippen molar-refractivity contribution in [2.45, 2.75) is 26.2 Å². The summed E-state index contributed by atoms with van der Waals surface area (Å²) in [5, 5.41) is 12.6. The fraction of sp³-hybridized carbons (Fsp3) is 0.174. The molecule has 0 aliphatic rings. The van der Waals surface area contributed by atoms with Crippen molar-refractivity contribution in [1.29, 1.82) is 0 Å². The first-order valence-electron chi connectivity index (χ1n) is 9.90. The highest BCUT2D eigenvalue weighted by Gasteiger charge is 2.21. The molecule has 164 valence electrons. The highest BCUT2D eigenvalue weighted by Crippen LogP contribution is 2.34. The molecule has 2 aromatic heterocycles. The Morgan fingerprint density at radius 3 is 2.44 bits per heavy atom. The summed E-state index contributed by atoms with van der Waals surface area (Å²) in [5.41, 5.74) is 9.24. The predicted molar refractivity (Wildman–Crippen MR) is 121 cm³/mol. The molecule has 5 N–H and O–H groups in total. The number of nitrogens with zero attached hydrogens (tertiary/aromatic N) is 2. The molecular formula is C23H22F2N6O. The molecule has 0 unspecified atom stereocenters. The molecule has 0 spiro atoms. The SMILES string of the molecule is CC(C)(C)c1cc(-c2ccc(NC(=O)Nc3cc(F)ccc3F)cc2)c2c(N)[nH]nc2n1. The predicted octanol–water partition coefficient (Wildman–Crippen LogP) is 5.43. The van der Waals surface area contributed by atoms with Crippen molar-refractivity contribution >= 4 is 34.3 Å².